The molecule has 1 aliphatic carbocycles. The van der Waals surface area contributed by atoms with E-state index < -0.39 is 22.0 Å². The van der Waals surface area contributed by atoms with Crippen LogP contribution >= 0.6 is 12.4 Å². The Balaban J connectivity index is 0.00000481. The Bertz CT molecular complexity index is 1090. The molecule has 0 aliphatic heterocycles. The molecule has 37 heavy (non-hydrogen) atoms. The molecule has 1 amide bonds. The van der Waals surface area contributed by atoms with Crippen LogP contribution in [0.4, 0.5) is 0 Å². The Kier molecular flexibility index (Phi) is 11.3. The zero-order chi connectivity index (χ0) is 26.3. The number of methoxy groups -OCH3 is 1. The molecule has 0 bridgehead atoms. The summed E-state index contributed by atoms with van der Waals surface area (Å²) in [5.41, 5.74) is 2.44. The lowest BCUT2D eigenvalue weighted by molar-refractivity contribution is -0.136. The topological polar surface area (TPSA) is 118 Å². The first-order valence-electron chi connectivity index (χ1n) is 12.2. The summed E-state index contributed by atoms with van der Waals surface area (Å²) in [5, 5.41) is 9.61. The van der Waals surface area contributed by atoms with Gasteiger partial charge < -0.3 is 9.47 Å². The molecule has 1 fully saturated rings. The number of aromatic nitrogens is 1. The third-order valence-electron chi connectivity index (χ3n) is 6.36. The molecule has 1 saturated carbocycles. The number of carbonyl (C=O) groups is 1. The maximum Gasteiger partial charge on any atom is 0.262 e. The van der Waals surface area contributed by atoms with Crippen molar-refractivity contribution < 1.29 is 27.9 Å². The van der Waals surface area contributed by atoms with Crippen LogP contribution in [0.1, 0.15) is 52.0 Å². The average molecular weight is 556 g/mol. The van der Waals surface area contributed by atoms with Crippen molar-refractivity contribution in [3.63, 3.8) is 0 Å². The van der Waals surface area contributed by atoms with Gasteiger partial charge in [-0.3, -0.25) is 15.0 Å². The van der Waals surface area contributed by atoms with Crippen LogP contribution in [0.15, 0.2) is 53.7 Å². The molecule has 206 valence electrons. The van der Waals surface area contributed by atoms with Crippen molar-refractivity contribution in [1.82, 2.24) is 14.8 Å². The number of nitrogens with one attached hydrogen (secondary N) is 1. The number of pyridine rings is 1. The number of benzene rings is 1. The molecule has 1 aromatic heterocycles. The first-order valence-corrected chi connectivity index (χ1v) is 13.6. The second-order valence-corrected chi connectivity index (χ2v) is 12.3. The summed E-state index contributed by atoms with van der Waals surface area (Å²) in [5.74, 6) is -0.519. The highest BCUT2D eigenvalue weighted by Crippen LogP contribution is 2.35. The van der Waals surface area contributed by atoms with Crippen molar-refractivity contribution in [3.05, 3.63) is 54.4 Å². The summed E-state index contributed by atoms with van der Waals surface area (Å²) >= 11 is 0. The van der Waals surface area contributed by atoms with Gasteiger partial charge in [-0.15, -0.1) is 12.4 Å². The third-order valence-corrected chi connectivity index (χ3v) is 8.20. The van der Waals surface area contributed by atoms with E-state index in [1.807, 2.05) is 0 Å². The number of hydroxylamine groups is 1. The Labute approximate surface area is 226 Å². The van der Waals surface area contributed by atoms with Crippen LogP contribution in [0.2, 0.25) is 0 Å². The van der Waals surface area contributed by atoms with Gasteiger partial charge in [0.2, 0.25) is 10.0 Å². The van der Waals surface area contributed by atoms with Gasteiger partial charge in [0, 0.05) is 18.9 Å². The molecule has 2 N–H and O–H groups in total. The predicted molar refractivity (Wildman–Crippen MR) is 142 cm³/mol. The van der Waals surface area contributed by atoms with Crippen molar-refractivity contribution in [1.29, 1.82) is 0 Å². The summed E-state index contributed by atoms with van der Waals surface area (Å²) in [6.45, 7) is 6.92. The lowest BCUT2D eigenvalue weighted by atomic mass is 9.82. The van der Waals surface area contributed by atoms with E-state index in [0.29, 0.717) is 43.6 Å². The Morgan fingerprint density at radius 2 is 1.70 bits per heavy atom. The van der Waals surface area contributed by atoms with Gasteiger partial charge in [-0.2, -0.15) is 4.31 Å². The van der Waals surface area contributed by atoms with Crippen molar-refractivity contribution in [2.45, 2.75) is 70.0 Å². The second-order valence-electron chi connectivity index (χ2n) is 10.4. The van der Waals surface area contributed by atoms with Crippen LogP contribution in [0.25, 0.3) is 0 Å². The quantitative estimate of drug-likeness (QED) is 0.333. The minimum Gasteiger partial charge on any atom is -0.497 e. The smallest absolute Gasteiger partial charge is 0.262 e. The third kappa shape index (κ3) is 8.38. The van der Waals surface area contributed by atoms with Crippen LogP contribution in [0, 0.1) is 11.3 Å². The predicted octanol–water partition coefficient (Wildman–Crippen LogP) is 4.20. The number of carbonyl (C=O) groups excluding carboxylic acids is 1. The number of ether oxygens (including phenoxy) is 2. The molecule has 0 saturated heterocycles. The number of hydrogen-bond acceptors (Lipinski definition) is 7. The normalized spacial score (nSPS) is 19.1. The van der Waals surface area contributed by atoms with Gasteiger partial charge in [0.25, 0.3) is 5.91 Å². The largest absolute Gasteiger partial charge is 0.497 e. The fourth-order valence-corrected chi connectivity index (χ4v) is 6.11. The minimum absolute atomic E-state index is 0. The Morgan fingerprint density at radius 3 is 2.22 bits per heavy atom. The van der Waals surface area contributed by atoms with E-state index >= 15 is 0 Å². The highest BCUT2D eigenvalue weighted by Gasteiger charge is 2.42. The number of sulfonamides is 1. The summed E-state index contributed by atoms with van der Waals surface area (Å²) in [6.07, 6.45) is 5.82. The first kappa shape index (κ1) is 31.0. The molecule has 9 nitrogen and oxygen atoms in total. The van der Waals surface area contributed by atoms with Gasteiger partial charge in [0.15, 0.2) is 0 Å². The Morgan fingerprint density at radius 1 is 1.11 bits per heavy atom. The molecular weight excluding hydrogens is 518 g/mol. The molecule has 11 heteroatoms. The highest BCUT2D eigenvalue weighted by atomic mass is 35.5. The lowest BCUT2D eigenvalue weighted by Gasteiger charge is -2.38. The zero-order valence-corrected chi connectivity index (χ0v) is 23.4. The molecule has 1 aliphatic rings. The summed E-state index contributed by atoms with van der Waals surface area (Å²) in [7, 11) is -2.61. The molecule has 3 rings (SSSR count). The van der Waals surface area contributed by atoms with Crippen LogP contribution in [0.3, 0.4) is 0 Å². The highest BCUT2D eigenvalue weighted by molar-refractivity contribution is 7.89. The van der Waals surface area contributed by atoms with Crippen molar-refractivity contribution in [2.24, 2.45) is 11.3 Å². The van der Waals surface area contributed by atoms with Gasteiger partial charge >= 0.3 is 0 Å². The van der Waals surface area contributed by atoms with Crippen LogP contribution in [0.5, 0.6) is 5.75 Å². The van der Waals surface area contributed by atoms with Crippen molar-refractivity contribution in [2.75, 3.05) is 13.7 Å². The number of nitrogens with zero attached hydrogens (tertiary/aromatic N) is 2. The molecule has 1 aromatic carbocycles. The molecule has 0 spiro atoms. The van der Waals surface area contributed by atoms with Crippen LogP contribution in [-0.2, 0) is 26.1 Å². The fraction of sp³-hybridized carbons (Fsp3) is 0.538. The van der Waals surface area contributed by atoms with E-state index in [-0.39, 0.29) is 41.3 Å². The number of amides is 1. The van der Waals surface area contributed by atoms with Crippen LogP contribution in [-0.4, -0.2) is 54.7 Å². The zero-order valence-electron chi connectivity index (χ0n) is 21.8. The van der Waals surface area contributed by atoms with E-state index in [9.17, 15) is 18.4 Å². The number of hydrogen-bond donors (Lipinski definition) is 2. The van der Waals surface area contributed by atoms with E-state index in [4.69, 9.17) is 9.47 Å². The van der Waals surface area contributed by atoms with E-state index in [2.05, 4.69) is 25.8 Å². The monoisotopic (exact) mass is 555 g/mol. The van der Waals surface area contributed by atoms with E-state index in [0.717, 1.165) is 0 Å². The van der Waals surface area contributed by atoms with Gasteiger partial charge in [-0.1, -0.05) is 20.8 Å². The van der Waals surface area contributed by atoms with Gasteiger partial charge in [0.05, 0.1) is 24.7 Å². The molecule has 2 aromatic rings. The SMILES string of the molecule is COc1ccc(S(=O)(=O)N(Cc2ccncc2)[C@@H](C(=O)NO)[C@H]2CC[C@H](OCC(C)(C)C)CC2)cc1.Cl. The van der Waals surface area contributed by atoms with E-state index in [1.165, 1.54) is 23.5 Å². The summed E-state index contributed by atoms with van der Waals surface area (Å²) in [4.78, 5) is 17.1. The van der Waals surface area contributed by atoms with Crippen molar-refractivity contribution in [3.8, 4) is 5.75 Å². The number of rotatable bonds is 10. The van der Waals surface area contributed by atoms with Gasteiger partial charge in [-0.25, -0.2) is 13.9 Å². The molecule has 1 atom stereocenters. The second kappa shape index (κ2) is 13.5. The first-order chi connectivity index (χ1) is 17.0. The molecule has 0 unspecified atom stereocenters. The van der Waals surface area contributed by atoms with Gasteiger partial charge in [0.1, 0.15) is 11.8 Å². The Hall–Kier alpha value is -2.24. The molecule has 0 radical (unpaired) electrons. The summed E-state index contributed by atoms with van der Waals surface area (Å²) < 4.78 is 40.2. The minimum atomic E-state index is -4.12. The maximum atomic E-state index is 13.9. The van der Waals surface area contributed by atoms with Crippen molar-refractivity contribution >= 4 is 28.3 Å². The van der Waals surface area contributed by atoms with Crippen LogP contribution < -0.4 is 10.2 Å². The van der Waals surface area contributed by atoms with Gasteiger partial charge in [-0.05, 0) is 79.0 Å². The lowest BCUT2D eigenvalue weighted by Crippen LogP contribution is -2.53. The fourth-order valence-electron chi connectivity index (χ4n) is 4.47. The summed E-state index contributed by atoms with van der Waals surface area (Å²) in [6, 6.07) is 8.37. The average Bonchev–Trinajstić information content (AvgIpc) is 2.87. The number of halogens is 1. The van der Waals surface area contributed by atoms with E-state index in [1.54, 1.807) is 42.1 Å². The molecule has 1 heterocycles. The standard InChI is InChI=1S/C26H37N3O6S.ClH/c1-26(2,3)18-35-22-7-5-20(6-8-22)24(25(30)28-31)29(17-19-13-15-27-16-14-19)36(32,33)23-11-9-21(34-4)10-12-23;/h9-16,20,22,24,31H,5-8,17-18H2,1-4H3,(H,28,30);1H/t20-,22-,24-;/m1./s1. The molecular formula is C26H38ClN3O6S. The maximum absolute atomic E-state index is 13.9.